The Hall–Kier alpha value is -4.88. The van der Waals surface area contributed by atoms with E-state index in [1.54, 1.807) is 45.0 Å². The fraction of sp³-hybridized carbons (Fsp3) is 0.587. The first kappa shape index (κ1) is 48.6. The minimum Gasteiger partial charge on any atom is -0.456 e. The summed E-state index contributed by atoms with van der Waals surface area (Å²) in [6.45, 7) is 11.2. The number of Topliss-reactive ketones (excluding diaryl/α,β-unsaturated/α-hetero) is 1. The van der Waals surface area contributed by atoms with E-state index in [9.17, 15) is 47.7 Å². The largest absolute Gasteiger partial charge is 0.522 e. The average Bonchev–Trinajstić information content (AvgIpc) is 3.20. The summed E-state index contributed by atoms with van der Waals surface area (Å²) in [5.74, 6) is -8.01. The van der Waals surface area contributed by atoms with E-state index in [-0.39, 0.29) is 22.3 Å². The molecule has 11 atom stereocenters. The third kappa shape index (κ3) is 8.31. The van der Waals surface area contributed by atoms with Gasteiger partial charge in [-0.1, -0.05) is 62.4 Å². The Morgan fingerprint density at radius 1 is 0.938 bits per heavy atom. The molecule has 1 heterocycles. The third-order valence-corrected chi connectivity index (χ3v) is 13.7. The van der Waals surface area contributed by atoms with Crippen LogP contribution in [-0.4, -0.2) is 112 Å². The summed E-state index contributed by atoms with van der Waals surface area (Å²) in [5, 5.41) is 39.1. The number of fused-ring (bicyclic) bond motifs is 5. The quantitative estimate of drug-likeness (QED) is 0.133. The Morgan fingerprint density at radius 2 is 1.53 bits per heavy atom. The normalized spacial score (nSPS) is 33.1. The number of alkyl halides is 3. The zero-order valence-corrected chi connectivity index (χ0v) is 37.1. The molecule has 2 saturated carbocycles. The lowest BCUT2D eigenvalue weighted by Gasteiger charge is -2.71. The Bertz CT molecular complexity index is 2180. The average molecular weight is 904 g/mol. The molecule has 3 aliphatic carbocycles. The first-order valence-corrected chi connectivity index (χ1v) is 20.9. The van der Waals surface area contributed by atoms with E-state index in [0.717, 1.165) is 13.8 Å². The predicted molar refractivity (Wildman–Crippen MR) is 218 cm³/mol. The molecule has 3 fully saturated rings. The van der Waals surface area contributed by atoms with Crippen LogP contribution < -0.4 is 5.32 Å². The Morgan fingerprint density at radius 3 is 2.05 bits per heavy atom. The standard InChI is InChI=1S/C46H56F3NO14/c1-24-29(60-38(56)33(53)32(26-16-12-10-13-17-26)50-39(57)64-40(3,4)5)20-44(58)36(61-37(55)27-18-14-11-15-19-27)34-43(9,35(54)28(22-51)31(24)41(44,6)7)30(63-46(47,48)49)21-42(8)45(34,23-59-42)62-25(2)52/h10-19,28-30,32-34,36,51,53,58H,20-23H2,1-9H3,(H,50,57)/t28-,29+,30+,32+,33-,34+,36+,42-,43-,44-,45-/m1/s1. The number of aliphatic hydroxyl groups is 3. The molecular weight excluding hydrogens is 847 g/mol. The number of carbonyl (C=O) groups excluding carboxylic acids is 5. The summed E-state index contributed by atoms with van der Waals surface area (Å²) in [4.78, 5) is 70.3. The van der Waals surface area contributed by atoms with E-state index in [0.29, 0.717) is 0 Å². The van der Waals surface area contributed by atoms with Crippen molar-refractivity contribution in [1.29, 1.82) is 0 Å². The summed E-state index contributed by atoms with van der Waals surface area (Å²) in [6.07, 6.45) is -15.6. The number of benzene rings is 2. The highest BCUT2D eigenvalue weighted by Crippen LogP contribution is 2.68. The predicted octanol–water partition coefficient (Wildman–Crippen LogP) is 5.44. The number of nitrogens with one attached hydrogen (secondary N) is 1. The first-order chi connectivity index (χ1) is 29.6. The molecule has 1 aliphatic heterocycles. The van der Waals surface area contributed by atoms with Gasteiger partial charge in [-0.05, 0) is 70.4 Å². The van der Waals surface area contributed by atoms with E-state index < -0.39 is 138 Å². The molecule has 18 heteroatoms. The molecule has 0 unspecified atom stereocenters. The molecule has 15 nitrogen and oxygen atoms in total. The van der Waals surface area contributed by atoms with E-state index >= 15 is 4.79 Å². The highest BCUT2D eigenvalue weighted by atomic mass is 19.4. The summed E-state index contributed by atoms with van der Waals surface area (Å²) >= 11 is 0. The van der Waals surface area contributed by atoms with Gasteiger partial charge < -0.3 is 44.3 Å². The van der Waals surface area contributed by atoms with Gasteiger partial charge in [-0.2, -0.15) is 0 Å². The molecule has 350 valence electrons. The Kier molecular flexibility index (Phi) is 12.8. The maximum atomic E-state index is 15.6. The number of carbonyl (C=O) groups is 5. The number of amides is 1. The lowest BCUT2D eigenvalue weighted by atomic mass is 9.42. The molecule has 1 saturated heterocycles. The molecular formula is C46H56F3NO14. The molecule has 2 aromatic carbocycles. The second-order valence-electron chi connectivity index (χ2n) is 19.1. The van der Waals surface area contributed by atoms with Gasteiger partial charge >= 0.3 is 30.4 Å². The van der Waals surface area contributed by atoms with Crippen LogP contribution in [0.5, 0.6) is 0 Å². The molecule has 4 aliphatic rings. The van der Waals surface area contributed by atoms with Crippen LogP contribution in [0.15, 0.2) is 71.8 Å². The van der Waals surface area contributed by atoms with Gasteiger partial charge in [0.05, 0.1) is 48.2 Å². The zero-order valence-electron chi connectivity index (χ0n) is 37.1. The van der Waals surface area contributed by atoms with Crippen molar-refractivity contribution < 1.29 is 80.9 Å². The summed E-state index contributed by atoms with van der Waals surface area (Å²) in [7, 11) is 0. The number of alkyl carbamates (subject to hydrolysis) is 1. The lowest BCUT2D eigenvalue weighted by Crippen LogP contribution is -2.85. The van der Waals surface area contributed by atoms with Crippen LogP contribution in [0.25, 0.3) is 0 Å². The Labute approximate surface area is 368 Å². The molecule has 2 aromatic rings. The van der Waals surface area contributed by atoms with Crippen molar-refractivity contribution in [2.45, 2.75) is 134 Å². The lowest BCUT2D eigenvalue weighted by molar-refractivity contribution is -0.417. The number of aliphatic hydroxyl groups excluding tert-OH is 2. The van der Waals surface area contributed by atoms with E-state index in [1.807, 2.05) is 0 Å². The molecule has 1 amide bonds. The van der Waals surface area contributed by atoms with Gasteiger partial charge in [0.15, 0.2) is 17.5 Å². The number of hydrogen-bond acceptors (Lipinski definition) is 14. The maximum Gasteiger partial charge on any atom is 0.522 e. The van der Waals surface area contributed by atoms with Crippen molar-refractivity contribution in [3.05, 3.63) is 82.9 Å². The van der Waals surface area contributed by atoms with Crippen molar-refractivity contribution in [1.82, 2.24) is 5.32 Å². The van der Waals surface area contributed by atoms with Crippen LogP contribution in [0.4, 0.5) is 18.0 Å². The number of halogens is 3. The van der Waals surface area contributed by atoms with E-state index in [2.05, 4.69) is 5.32 Å². The van der Waals surface area contributed by atoms with Crippen molar-refractivity contribution in [2.75, 3.05) is 13.2 Å². The van der Waals surface area contributed by atoms with Crippen LogP contribution in [0.3, 0.4) is 0 Å². The fourth-order valence-electron chi connectivity index (χ4n) is 10.6. The second-order valence-corrected chi connectivity index (χ2v) is 19.1. The zero-order chi connectivity index (χ0) is 47.6. The van der Waals surface area contributed by atoms with Gasteiger partial charge in [0.1, 0.15) is 29.0 Å². The minimum atomic E-state index is -5.36. The highest BCUT2D eigenvalue weighted by molar-refractivity contribution is 5.93. The van der Waals surface area contributed by atoms with Crippen LogP contribution in [0, 0.1) is 22.7 Å². The number of rotatable bonds is 10. The summed E-state index contributed by atoms with van der Waals surface area (Å²) in [6, 6.07) is 13.9. The second kappa shape index (κ2) is 16.8. The molecule has 4 N–H and O–H groups in total. The molecule has 6 rings (SSSR count). The fourth-order valence-corrected chi connectivity index (χ4v) is 10.6. The molecule has 0 radical (unpaired) electrons. The van der Waals surface area contributed by atoms with Gasteiger partial charge in [0.25, 0.3) is 0 Å². The van der Waals surface area contributed by atoms with Crippen molar-refractivity contribution in [3.8, 4) is 0 Å². The van der Waals surface area contributed by atoms with E-state index in [1.165, 1.54) is 64.1 Å². The Balaban J connectivity index is 1.57. The van der Waals surface area contributed by atoms with Crippen LogP contribution in [0.2, 0.25) is 0 Å². The molecule has 2 bridgehead atoms. The van der Waals surface area contributed by atoms with Gasteiger partial charge in [-0.15, -0.1) is 13.2 Å². The van der Waals surface area contributed by atoms with Gasteiger partial charge in [0, 0.05) is 25.2 Å². The van der Waals surface area contributed by atoms with Crippen LogP contribution >= 0.6 is 0 Å². The molecule has 0 aromatic heterocycles. The molecule has 0 spiro atoms. The smallest absolute Gasteiger partial charge is 0.456 e. The van der Waals surface area contributed by atoms with Crippen molar-refractivity contribution in [2.24, 2.45) is 22.7 Å². The SMILES string of the molecule is CC(=O)O[C@@]12CO[C@]1(C)C[C@H](OC(F)(F)F)[C@@]1(C)C(=O)[C@H](CO)C3=C(C)[C@@H](OC(=O)[C@H](O)[C@@H](NC(=O)OC(C)(C)C)c4ccccc4)C[C@@](O)([C@@H](OC(=O)c4ccccc4)[C@@H]12)C3(C)C. The van der Waals surface area contributed by atoms with Crippen molar-refractivity contribution in [3.63, 3.8) is 0 Å². The van der Waals surface area contributed by atoms with Gasteiger partial charge in [-0.25, -0.2) is 14.4 Å². The van der Waals surface area contributed by atoms with Crippen molar-refractivity contribution >= 4 is 29.8 Å². The number of ketones is 1. The highest BCUT2D eigenvalue weighted by Gasteiger charge is 2.82. The first-order valence-electron chi connectivity index (χ1n) is 20.9. The maximum absolute atomic E-state index is 15.6. The monoisotopic (exact) mass is 903 g/mol. The molecule has 64 heavy (non-hydrogen) atoms. The number of esters is 3. The van der Waals surface area contributed by atoms with Gasteiger partial charge in [0.2, 0.25) is 0 Å². The third-order valence-electron chi connectivity index (χ3n) is 13.7. The van der Waals surface area contributed by atoms with Gasteiger partial charge in [-0.3, -0.25) is 14.3 Å². The summed E-state index contributed by atoms with van der Waals surface area (Å²) < 4.78 is 78.1. The van der Waals surface area contributed by atoms with E-state index in [4.69, 9.17) is 28.4 Å². The van der Waals surface area contributed by atoms with Crippen LogP contribution in [0.1, 0.15) is 97.1 Å². The minimum absolute atomic E-state index is 0.0569. The van der Waals surface area contributed by atoms with Crippen LogP contribution in [-0.2, 0) is 42.8 Å². The number of ether oxygens (including phenoxy) is 6. The summed E-state index contributed by atoms with van der Waals surface area (Å²) in [5.41, 5.74) is -11.4. The number of hydrogen-bond donors (Lipinski definition) is 4. The topological polar surface area (TPSA) is 213 Å².